The minimum absolute atomic E-state index is 0.262. The number of nitrogens with two attached hydrogens (primary N) is 1. The van der Waals surface area contributed by atoms with Gasteiger partial charge in [0, 0.05) is 46.2 Å². The summed E-state index contributed by atoms with van der Waals surface area (Å²) >= 11 is 0. The lowest BCUT2D eigenvalue weighted by molar-refractivity contribution is 0.0337. The van der Waals surface area contributed by atoms with Gasteiger partial charge in [0.1, 0.15) is 5.16 Å². The summed E-state index contributed by atoms with van der Waals surface area (Å²) in [6.45, 7) is 14.6. The van der Waals surface area contributed by atoms with Crippen LogP contribution in [0.3, 0.4) is 0 Å². The van der Waals surface area contributed by atoms with Gasteiger partial charge in [-0.2, -0.15) is 0 Å². The maximum Gasteiger partial charge on any atom is 0.510 e. The summed E-state index contributed by atoms with van der Waals surface area (Å²) < 4.78 is 36.1. The molecule has 2 N–H and O–H groups in total. The second kappa shape index (κ2) is 12.5. The molecule has 140 valence electrons. The summed E-state index contributed by atoms with van der Waals surface area (Å²) in [5.74, 6) is 0. The van der Waals surface area contributed by atoms with Gasteiger partial charge in [-0.15, -0.1) is 0 Å². The summed E-state index contributed by atoms with van der Waals surface area (Å²) in [5, 5.41) is -0.352. The van der Waals surface area contributed by atoms with E-state index < -0.39 is 17.6 Å². The van der Waals surface area contributed by atoms with E-state index in [0.717, 1.165) is 0 Å². The fourth-order valence-corrected chi connectivity index (χ4v) is 10.5. The van der Waals surface area contributed by atoms with Crippen molar-refractivity contribution in [2.24, 2.45) is 5.73 Å². The molecule has 0 aliphatic carbocycles. The molecule has 0 spiro atoms. The van der Waals surface area contributed by atoms with Gasteiger partial charge in [-0.05, 0) is 41.5 Å². The van der Waals surface area contributed by atoms with E-state index in [4.69, 9.17) is 32.3 Å². The van der Waals surface area contributed by atoms with Crippen molar-refractivity contribution < 1.29 is 26.6 Å². The standard InChI is InChI=1S/C14H35NO6Si2/c1-7-16-22(17-8-2,18-9-3)14(13-15)23(19-10-4,20-11-5)21-12-6/h14H,7-13,15H2,1-6H3. The molecule has 0 atom stereocenters. The van der Waals surface area contributed by atoms with E-state index in [2.05, 4.69) is 0 Å². The molecule has 0 radical (unpaired) electrons. The maximum absolute atomic E-state index is 6.12. The van der Waals surface area contributed by atoms with Crippen LogP contribution < -0.4 is 5.73 Å². The second-order valence-electron chi connectivity index (χ2n) is 4.59. The van der Waals surface area contributed by atoms with Crippen molar-refractivity contribution in [2.45, 2.75) is 46.7 Å². The summed E-state index contributed by atoms with van der Waals surface area (Å²) in [4.78, 5) is 0. The Morgan fingerprint density at radius 2 is 0.783 bits per heavy atom. The van der Waals surface area contributed by atoms with E-state index in [-0.39, 0.29) is 11.7 Å². The molecule has 0 aliphatic heterocycles. The lowest BCUT2D eigenvalue weighted by atomic mass is 10.8. The topological polar surface area (TPSA) is 81.4 Å². The molecule has 7 nitrogen and oxygen atoms in total. The first kappa shape index (κ1) is 23.2. The molecule has 0 saturated heterocycles. The zero-order chi connectivity index (χ0) is 17.8. The quantitative estimate of drug-likeness (QED) is 0.442. The van der Waals surface area contributed by atoms with Gasteiger partial charge in [-0.3, -0.25) is 0 Å². The van der Waals surface area contributed by atoms with Crippen molar-refractivity contribution >= 4 is 17.6 Å². The molecule has 0 aliphatic rings. The van der Waals surface area contributed by atoms with Gasteiger partial charge in [-0.25, -0.2) is 0 Å². The predicted octanol–water partition coefficient (Wildman–Crippen LogP) is 1.95. The average Bonchev–Trinajstić information content (AvgIpc) is 2.49. The Labute approximate surface area is 143 Å². The molecule has 0 bridgehead atoms. The van der Waals surface area contributed by atoms with Crippen molar-refractivity contribution in [1.29, 1.82) is 0 Å². The third-order valence-electron chi connectivity index (χ3n) is 3.16. The van der Waals surface area contributed by atoms with Gasteiger partial charge in [0.15, 0.2) is 0 Å². The largest absolute Gasteiger partial charge is 0.510 e. The van der Waals surface area contributed by atoms with Crippen LogP contribution in [0.15, 0.2) is 0 Å². The lowest BCUT2D eigenvalue weighted by Crippen LogP contribution is -2.66. The molecular formula is C14H35NO6Si2. The van der Waals surface area contributed by atoms with Crippen LogP contribution in [-0.4, -0.2) is 63.8 Å². The van der Waals surface area contributed by atoms with Gasteiger partial charge in [-0.1, -0.05) is 0 Å². The summed E-state index contributed by atoms with van der Waals surface area (Å²) in [6, 6.07) is 0. The highest BCUT2D eigenvalue weighted by molar-refractivity contribution is 6.82. The predicted molar refractivity (Wildman–Crippen MR) is 94.1 cm³/mol. The smallest absolute Gasteiger partial charge is 0.374 e. The fraction of sp³-hybridized carbons (Fsp3) is 1.00. The zero-order valence-corrected chi connectivity index (χ0v) is 17.6. The normalized spacial score (nSPS) is 13.0. The van der Waals surface area contributed by atoms with Gasteiger partial charge < -0.3 is 32.3 Å². The van der Waals surface area contributed by atoms with Crippen molar-refractivity contribution in [3.63, 3.8) is 0 Å². The molecule has 23 heavy (non-hydrogen) atoms. The van der Waals surface area contributed by atoms with Gasteiger partial charge >= 0.3 is 17.6 Å². The minimum Gasteiger partial charge on any atom is -0.374 e. The third kappa shape index (κ3) is 6.18. The molecule has 0 rings (SSSR count). The summed E-state index contributed by atoms with van der Waals surface area (Å²) in [5.41, 5.74) is 6.12. The molecular weight excluding hydrogens is 334 g/mol. The number of hydrogen-bond donors (Lipinski definition) is 1. The second-order valence-corrected chi connectivity index (χ2v) is 10.7. The van der Waals surface area contributed by atoms with Crippen molar-refractivity contribution in [1.82, 2.24) is 0 Å². The van der Waals surface area contributed by atoms with Crippen LogP contribution >= 0.6 is 0 Å². The molecule has 9 heteroatoms. The highest BCUT2D eigenvalue weighted by Crippen LogP contribution is 2.36. The van der Waals surface area contributed by atoms with E-state index in [1.165, 1.54) is 0 Å². The van der Waals surface area contributed by atoms with Crippen molar-refractivity contribution in [2.75, 3.05) is 46.2 Å². The Hall–Kier alpha value is 0.154. The number of rotatable bonds is 15. The minimum atomic E-state index is -3.11. The Kier molecular flexibility index (Phi) is 12.6. The Morgan fingerprint density at radius 3 is 0.913 bits per heavy atom. The van der Waals surface area contributed by atoms with Crippen molar-refractivity contribution in [3.8, 4) is 0 Å². The first-order chi connectivity index (χ1) is 11.1. The van der Waals surface area contributed by atoms with Crippen LogP contribution in [0, 0.1) is 0 Å². The Bertz CT molecular complexity index is 238. The van der Waals surface area contributed by atoms with E-state index in [9.17, 15) is 0 Å². The molecule has 0 saturated carbocycles. The SMILES string of the molecule is CCO[Si](OCC)(OCC)C(CN)[Si](OCC)(OCC)OCC. The molecule has 0 unspecified atom stereocenters. The van der Waals surface area contributed by atoms with Gasteiger partial charge in [0.25, 0.3) is 0 Å². The number of hydrogen-bond acceptors (Lipinski definition) is 7. The van der Waals surface area contributed by atoms with Crippen LogP contribution in [0.1, 0.15) is 41.5 Å². The Morgan fingerprint density at radius 1 is 0.565 bits per heavy atom. The highest BCUT2D eigenvalue weighted by Gasteiger charge is 2.65. The van der Waals surface area contributed by atoms with Crippen LogP contribution in [-0.2, 0) is 26.6 Å². The molecule has 0 amide bonds. The Balaban J connectivity index is 5.91. The van der Waals surface area contributed by atoms with E-state index in [0.29, 0.717) is 39.6 Å². The van der Waals surface area contributed by atoms with Crippen LogP contribution in [0.2, 0.25) is 5.16 Å². The fourth-order valence-electron chi connectivity index (χ4n) is 2.57. The molecule has 0 aromatic rings. The molecule has 0 fully saturated rings. The highest BCUT2D eigenvalue weighted by atomic mass is 28.5. The van der Waals surface area contributed by atoms with Crippen LogP contribution in [0.4, 0.5) is 0 Å². The van der Waals surface area contributed by atoms with Gasteiger partial charge in [0.2, 0.25) is 0 Å². The van der Waals surface area contributed by atoms with E-state index >= 15 is 0 Å². The molecule has 0 heterocycles. The molecule has 0 aromatic carbocycles. The lowest BCUT2D eigenvalue weighted by Gasteiger charge is -2.42. The first-order valence-corrected chi connectivity index (χ1v) is 12.2. The summed E-state index contributed by atoms with van der Waals surface area (Å²) in [7, 11) is -6.22. The van der Waals surface area contributed by atoms with Crippen molar-refractivity contribution in [3.05, 3.63) is 0 Å². The molecule has 0 aromatic heterocycles. The average molecular weight is 370 g/mol. The third-order valence-corrected chi connectivity index (χ3v) is 11.6. The van der Waals surface area contributed by atoms with Crippen LogP contribution in [0.5, 0.6) is 0 Å². The zero-order valence-electron chi connectivity index (χ0n) is 15.6. The summed E-state index contributed by atoms with van der Waals surface area (Å²) in [6.07, 6.45) is 0. The van der Waals surface area contributed by atoms with Gasteiger partial charge in [0.05, 0.1) is 0 Å². The van der Waals surface area contributed by atoms with E-state index in [1.807, 2.05) is 41.5 Å². The maximum atomic E-state index is 6.12. The first-order valence-electron chi connectivity index (χ1n) is 8.59. The van der Waals surface area contributed by atoms with E-state index in [1.54, 1.807) is 0 Å². The van der Waals surface area contributed by atoms with Crippen LogP contribution in [0.25, 0.3) is 0 Å². The monoisotopic (exact) mass is 369 g/mol.